The molecule has 0 amide bonds. The van der Waals surface area contributed by atoms with Gasteiger partial charge in [-0.05, 0) is 12.1 Å². The molecule has 0 aliphatic carbocycles. The number of benzene rings is 1. The molecule has 6 heteroatoms. The molecule has 3 aromatic rings. The molecule has 1 unspecified atom stereocenters. The number of nitrogens with zero attached hydrogens (tertiary/aromatic N) is 4. The number of pyridine rings is 1. The van der Waals surface area contributed by atoms with Crippen LogP contribution in [-0.2, 0) is 5.60 Å². The topological polar surface area (TPSA) is 77.9 Å². The maximum absolute atomic E-state index is 10.8. The molecule has 2 N–H and O–H groups in total. The number of rotatable bonds is 2. The number of anilines is 1. The highest BCUT2D eigenvalue weighted by Crippen LogP contribution is 2.35. The first-order chi connectivity index (χ1) is 10.3. The van der Waals surface area contributed by atoms with Crippen molar-refractivity contribution in [2.24, 2.45) is 0 Å². The molecule has 1 atom stereocenters. The maximum Gasteiger partial charge on any atom is 0.129 e. The molecule has 0 saturated carbocycles. The van der Waals surface area contributed by atoms with Gasteiger partial charge in [0.05, 0.1) is 18.3 Å². The molecule has 106 valence electrons. The molecule has 1 aliphatic rings. The first kappa shape index (κ1) is 12.3. The highest BCUT2D eigenvalue weighted by molar-refractivity contribution is 5.91. The van der Waals surface area contributed by atoms with Crippen molar-refractivity contribution in [3.05, 3.63) is 48.4 Å². The lowest BCUT2D eigenvalue weighted by Gasteiger charge is -2.23. The van der Waals surface area contributed by atoms with Gasteiger partial charge in [0, 0.05) is 30.2 Å². The van der Waals surface area contributed by atoms with E-state index in [-0.39, 0.29) is 0 Å². The second-order valence-corrected chi connectivity index (χ2v) is 5.41. The van der Waals surface area contributed by atoms with Crippen LogP contribution in [0, 0.1) is 0 Å². The molecule has 6 nitrogen and oxygen atoms in total. The normalized spacial score (nSPS) is 22.0. The first-order valence-electron chi connectivity index (χ1n) is 6.94. The summed E-state index contributed by atoms with van der Waals surface area (Å²) < 4.78 is 0. The molecule has 0 spiro atoms. The van der Waals surface area contributed by atoms with Gasteiger partial charge in [0.15, 0.2) is 0 Å². The van der Waals surface area contributed by atoms with Crippen molar-refractivity contribution < 1.29 is 5.11 Å². The molecule has 1 saturated heterocycles. The number of hydrogen-bond donors (Lipinski definition) is 2. The smallest absolute Gasteiger partial charge is 0.129 e. The maximum atomic E-state index is 10.8. The summed E-state index contributed by atoms with van der Waals surface area (Å²) >= 11 is 0. The third-order valence-electron chi connectivity index (χ3n) is 4.11. The van der Waals surface area contributed by atoms with E-state index in [1.54, 1.807) is 6.20 Å². The van der Waals surface area contributed by atoms with Gasteiger partial charge in [0.25, 0.3) is 0 Å². The van der Waals surface area contributed by atoms with Gasteiger partial charge >= 0.3 is 0 Å². The number of aromatic nitrogens is 4. The van der Waals surface area contributed by atoms with E-state index in [9.17, 15) is 5.11 Å². The van der Waals surface area contributed by atoms with Gasteiger partial charge in [-0.1, -0.05) is 18.2 Å². The van der Waals surface area contributed by atoms with E-state index in [1.807, 2.05) is 30.5 Å². The quantitative estimate of drug-likeness (QED) is 0.743. The van der Waals surface area contributed by atoms with Crippen LogP contribution in [0.3, 0.4) is 0 Å². The molecule has 21 heavy (non-hydrogen) atoms. The summed E-state index contributed by atoms with van der Waals surface area (Å²) in [6.45, 7) is 1.28. The third kappa shape index (κ3) is 1.95. The average Bonchev–Trinajstić information content (AvgIpc) is 3.17. The minimum absolute atomic E-state index is 0.507. The summed E-state index contributed by atoms with van der Waals surface area (Å²) in [5, 5.41) is 22.3. The monoisotopic (exact) mass is 281 g/mol. The van der Waals surface area contributed by atoms with Crippen molar-refractivity contribution in [3.8, 4) is 0 Å². The Labute approximate surface area is 121 Å². The van der Waals surface area contributed by atoms with Crippen molar-refractivity contribution >= 4 is 16.6 Å². The van der Waals surface area contributed by atoms with Crippen LogP contribution in [0.5, 0.6) is 0 Å². The fourth-order valence-electron chi connectivity index (χ4n) is 2.99. The number of fused-ring (bicyclic) bond motifs is 1. The predicted molar refractivity (Wildman–Crippen MR) is 78.9 cm³/mol. The standard InChI is InChI=1S/C15H15N5O/c21-15(14-9-17-19-18-14)6-8-20(10-15)13-5-7-16-12-4-2-1-3-11(12)13/h1-5,7,9,21H,6,8,10H2,(H,17,18,19). The van der Waals surface area contributed by atoms with Crippen molar-refractivity contribution in [3.63, 3.8) is 0 Å². The largest absolute Gasteiger partial charge is 0.381 e. The predicted octanol–water partition coefficient (Wildman–Crippen LogP) is 1.45. The number of β-amino-alcohol motifs (C(OH)–C–C–N with tert-alkyl or cyclic N) is 1. The van der Waals surface area contributed by atoms with Gasteiger partial charge < -0.3 is 10.0 Å². The van der Waals surface area contributed by atoms with E-state index < -0.39 is 5.60 Å². The van der Waals surface area contributed by atoms with Crippen LogP contribution in [0.1, 0.15) is 12.1 Å². The molecule has 2 aromatic heterocycles. The van der Waals surface area contributed by atoms with Crippen LogP contribution in [0.4, 0.5) is 5.69 Å². The summed E-state index contributed by atoms with van der Waals surface area (Å²) in [7, 11) is 0. The number of nitrogens with one attached hydrogen (secondary N) is 1. The van der Waals surface area contributed by atoms with Crippen LogP contribution >= 0.6 is 0 Å². The summed E-state index contributed by atoms with van der Waals surface area (Å²) in [6, 6.07) is 10.0. The Bertz CT molecular complexity index is 767. The number of aromatic amines is 1. The lowest BCUT2D eigenvalue weighted by atomic mass is 10.00. The summed E-state index contributed by atoms with van der Waals surface area (Å²) in [5.41, 5.74) is 1.72. The lowest BCUT2D eigenvalue weighted by molar-refractivity contribution is 0.0560. The number of aliphatic hydroxyl groups is 1. The van der Waals surface area contributed by atoms with E-state index >= 15 is 0 Å². The third-order valence-corrected chi connectivity index (χ3v) is 4.11. The Morgan fingerprint density at radius 2 is 2.14 bits per heavy atom. The first-order valence-corrected chi connectivity index (χ1v) is 6.94. The molecular formula is C15H15N5O. The summed E-state index contributed by atoms with van der Waals surface area (Å²) in [5.74, 6) is 0. The van der Waals surface area contributed by atoms with Gasteiger partial charge in [-0.3, -0.25) is 4.98 Å². The van der Waals surface area contributed by atoms with Crippen LogP contribution < -0.4 is 4.90 Å². The van der Waals surface area contributed by atoms with Gasteiger partial charge in [-0.2, -0.15) is 15.4 Å². The van der Waals surface area contributed by atoms with Crippen molar-refractivity contribution in [1.29, 1.82) is 0 Å². The minimum atomic E-state index is -0.947. The van der Waals surface area contributed by atoms with Crippen molar-refractivity contribution in [2.75, 3.05) is 18.0 Å². The molecule has 0 radical (unpaired) electrons. The fourth-order valence-corrected chi connectivity index (χ4v) is 2.99. The molecule has 3 heterocycles. The zero-order chi connectivity index (χ0) is 14.3. The average molecular weight is 281 g/mol. The van der Waals surface area contributed by atoms with Crippen LogP contribution in [-0.4, -0.2) is 38.6 Å². The number of para-hydroxylation sites is 1. The Morgan fingerprint density at radius 3 is 3.00 bits per heavy atom. The van der Waals surface area contributed by atoms with Crippen molar-refractivity contribution in [1.82, 2.24) is 20.4 Å². The van der Waals surface area contributed by atoms with Crippen LogP contribution in [0.25, 0.3) is 10.9 Å². The molecule has 0 bridgehead atoms. The number of hydrogen-bond acceptors (Lipinski definition) is 5. The lowest BCUT2D eigenvalue weighted by Crippen LogP contribution is -2.31. The Balaban J connectivity index is 1.72. The second-order valence-electron chi connectivity index (χ2n) is 5.41. The Kier molecular flexibility index (Phi) is 2.65. The minimum Gasteiger partial charge on any atom is -0.381 e. The van der Waals surface area contributed by atoms with E-state index in [1.165, 1.54) is 0 Å². The van der Waals surface area contributed by atoms with E-state index in [0.29, 0.717) is 18.7 Å². The molecule has 1 fully saturated rings. The molecule has 1 aromatic carbocycles. The molecular weight excluding hydrogens is 266 g/mol. The molecule has 4 rings (SSSR count). The highest BCUT2D eigenvalue weighted by Gasteiger charge is 2.40. The zero-order valence-electron chi connectivity index (χ0n) is 11.4. The van der Waals surface area contributed by atoms with Gasteiger partial charge in [-0.25, -0.2) is 0 Å². The second kappa shape index (κ2) is 4.53. The van der Waals surface area contributed by atoms with Gasteiger partial charge in [-0.15, -0.1) is 0 Å². The van der Waals surface area contributed by atoms with Crippen LogP contribution in [0.15, 0.2) is 42.7 Å². The Hall–Kier alpha value is -2.47. The molecule has 1 aliphatic heterocycles. The van der Waals surface area contributed by atoms with Crippen LogP contribution in [0.2, 0.25) is 0 Å². The van der Waals surface area contributed by atoms with Gasteiger partial charge in [0.1, 0.15) is 11.3 Å². The SMILES string of the molecule is OC1(c2cn[nH]n2)CCN(c2ccnc3ccccc23)C1. The van der Waals surface area contributed by atoms with E-state index in [0.717, 1.165) is 23.1 Å². The van der Waals surface area contributed by atoms with Gasteiger partial charge in [0.2, 0.25) is 0 Å². The van der Waals surface area contributed by atoms with E-state index in [4.69, 9.17) is 0 Å². The van der Waals surface area contributed by atoms with Crippen molar-refractivity contribution in [2.45, 2.75) is 12.0 Å². The highest BCUT2D eigenvalue weighted by atomic mass is 16.3. The van der Waals surface area contributed by atoms with E-state index in [2.05, 4.69) is 31.4 Å². The summed E-state index contributed by atoms with van der Waals surface area (Å²) in [6.07, 6.45) is 4.04. The Morgan fingerprint density at radius 1 is 1.24 bits per heavy atom. The fraction of sp³-hybridized carbons (Fsp3) is 0.267. The summed E-state index contributed by atoms with van der Waals surface area (Å²) in [4.78, 5) is 6.56. The number of H-pyrrole nitrogens is 1. The zero-order valence-corrected chi connectivity index (χ0v) is 11.4.